The molecule has 2 aromatic rings. The summed E-state index contributed by atoms with van der Waals surface area (Å²) in [5, 5.41) is 11.6. The number of aryl methyl sites for hydroxylation is 1. The molecule has 0 saturated carbocycles. The van der Waals surface area contributed by atoms with Gasteiger partial charge in [0.1, 0.15) is 24.0 Å². The number of halogens is 1. The molecular weight excluding hydrogens is 318 g/mol. The zero-order valence-electron chi connectivity index (χ0n) is 11.3. The van der Waals surface area contributed by atoms with E-state index in [9.17, 15) is 0 Å². The van der Waals surface area contributed by atoms with Gasteiger partial charge in [-0.05, 0) is 35.0 Å². The maximum Gasteiger partial charge on any atom is 0.138 e. The molecule has 0 aliphatic carbocycles. The van der Waals surface area contributed by atoms with Crippen LogP contribution in [-0.4, -0.2) is 23.6 Å². The zero-order valence-corrected chi connectivity index (χ0v) is 12.8. The van der Waals surface area contributed by atoms with Crippen LogP contribution in [0, 0.1) is 18.3 Å². The summed E-state index contributed by atoms with van der Waals surface area (Å²) < 4.78 is 0.991. The molecule has 1 aromatic carbocycles. The van der Waals surface area contributed by atoms with E-state index < -0.39 is 0 Å². The Morgan fingerprint density at radius 3 is 2.80 bits per heavy atom. The van der Waals surface area contributed by atoms with Gasteiger partial charge < -0.3 is 10.2 Å². The van der Waals surface area contributed by atoms with Crippen molar-refractivity contribution in [2.24, 2.45) is 0 Å². The summed E-state index contributed by atoms with van der Waals surface area (Å²) >= 11 is 3.53. The molecule has 0 atom stereocenters. The molecule has 1 N–H and O–H groups in total. The molecule has 0 bridgehead atoms. The third kappa shape index (κ3) is 3.25. The predicted octanol–water partition coefficient (Wildman–Crippen LogP) is 3.25. The van der Waals surface area contributed by atoms with Crippen LogP contribution in [0.2, 0.25) is 0 Å². The molecule has 0 unspecified atom stereocenters. The molecule has 0 amide bonds. The molecule has 2 rings (SSSR count). The van der Waals surface area contributed by atoms with Crippen molar-refractivity contribution in [2.75, 3.05) is 23.8 Å². The summed E-state index contributed by atoms with van der Waals surface area (Å²) in [4.78, 5) is 10.7. The van der Waals surface area contributed by atoms with Gasteiger partial charge in [-0.1, -0.05) is 12.1 Å². The van der Waals surface area contributed by atoms with Gasteiger partial charge in [0.25, 0.3) is 0 Å². The van der Waals surface area contributed by atoms with Crippen LogP contribution in [-0.2, 0) is 0 Å². The number of rotatable bonds is 4. The first kappa shape index (κ1) is 14.3. The largest absolute Gasteiger partial charge is 0.357 e. The number of hydrogen-bond acceptors (Lipinski definition) is 5. The monoisotopic (exact) mass is 331 g/mol. The van der Waals surface area contributed by atoms with Gasteiger partial charge in [-0.2, -0.15) is 5.26 Å². The first-order chi connectivity index (χ1) is 9.61. The van der Waals surface area contributed by atoms with E-state index in [0.717, 1.165) is 16.0 Å². The quantitative estimate of drug-likeness (QED) is 0.871. The fourth-order valence-corrected chi connectivity index (χ4v) is 2.34. The second kappa shape index (κ2) is 6.35. The maximum atomic E-state index is 8.62. The summed E-state index contributed by atoms with van der Waals surface area (Å²) in [7, 11) is 1.94. The van der Waals surface area contributed by atoms with Crippen LogP contribution in [0.25, 0.3) is 0 Å². The summed E-state index contributed by atoms with van der Waals surface area (Å²) in [5.41, 5.74) is 1.01. The smallest absolute Gasteiger partial charge is 0.138 e. The van der Waals surface area contributed by atoms with Crippen molar-refractivity contribution in [3.05, 3.63) is 40.6 Å². The molecule has 20 heavy (non-hydrogen) atoms. The summed E-state index contributed by atoms with van der Waals surface area (Å²) in [6.45, 7) is 2.05. The highest BCUT2D eigenvalue weighted by Gasteiger charge is 2.10. The van der Waals surface area contributed by atoms with Crippen molar-refractivity contribution in [3.8, 4) is 6.07 Å². The van der Waals surface area contributed by atoms with Crippen LogP contribution in [0.1, 0.15) is 5.82 Å². The van der Waals surface area contributed by atoms with Gasteiger partial charge >= 0.3 is 0 Å². The van der Waals surface area contributed by atoms with Crippen LogP contribution in [0.4, 0.5) is 17.3 Å². The maximum absolute atomic E-state index is 8.62. The van der Waals surface area contributed by atoms with E-state index in [1.165, 1.54) is 0 Å². The highest BCUT2D eigenvalue weighted by atomic mass is 79.9. The average Bonchev–Trinajstić information content (AvgIpc) is 2.44. The van der Waals surface area contributed by atoms with Gasteiger partial charge in [0, 0.05) is 17.6 Å². The minimum Gasteiger partial charge on any atom is -0.357 e. The molecule has 0 radical (unpaired) electrons. The molecule has 1 heterocycles. The minimum atomic E-state index is 0.217. The number of aromatic nitrogens is 2. The molecule has 6 heteroatoms. The lowest BCUT2D eigenvalue weighted by Crippen LogP contribution is -2.14. The highest BCUT2D eigenvalue weighted by molar-refractivity contribution is 9.10. The zero-order chi connectivity index (χ0) is 14.5. The van der Waals surface area contributed by atoms with Crippen molar-refractivity contribution in [3.63, 3.8) is 0 Å². The molecule has 0 aliphatic rings. The van der Waals surface area contributed by atoms with Crippen molar-refractivity contribution >= 4 is 33.3 Å². The molecule has 102 valence electrons. The number of para-hydroxylation sites is 1. The van der Waals surface area contributed by atoms with Gasteiger partial charge in [-0.25, -0.2) is 9.97 Å². The van der Waals surface area contributed by atoms with Crippen LogP contribution >= 0.6 is 15.9 Å². The fourth-order valence-electron chi connectivity index (χ4n) is 1.79. The van der Waals surface area contributed by atoms with E-state index in [4.69, 9.17) is 5.26 Å². The minimum absolute atomic E-state index is 0.217. The van der Waals surface area contributed by atoms with Gasteiger partial charge in [0.15, 0.2) is 0 Å². The van der Waals surface area contributed by atoms with E-state index in [2.05, 4.69) is 31.2 Å². The van der Waals surface area contributed by atoms with E-state index >= 15 is 0 Å². The lowest BCUT2D eigenvalue weighted by atomic mass is 10.3. The van der Waals surface area contributed by atoms with Crippen molar-refractivity contribution < 1.29 is 0 Å². The van der Waals surface area contributed by atoms with Gasteiger partial charge in [0.05, 0.1) is 11.8 Å². The second-order valence-corrected chi connectivity index (χ2v) is 5.04. The normalized spacial score (nSPS) is 9.90. The Labute approximate surface area is 126 Å². The third-order valence-electron chi connectivity index (χ3n) is 2.73. The van der Waals surface area contributed by atoms with Crippen molar-refractivity contribution in [2.45, 2.75) is 6.92 Å². The van der Waals surface area contributed by atoms with E-state index in [1.54, 1.807) is 0 Å². The summed E-state index contributed by atoms with van der Waals surface area (Å²) in [6.07, 6.45) is 0. The number of nitriles is 1. The molecule has 0 fully saturated rings. The molecule has 5 nitrogen and oxygen atoms in total. The van der Waals surface area contributed by atoms with Crippen molar-refractivity contribution in [1.29, 1.82) is 5.26 Å². The molecule has 1 aromatic heterocycles. The van der Waals surface area contributed by atoms with Crippen LogP contribution < -0.4 is 10.2 Å². The first-order valence-corrected chi connectivity index (χ1v) is 6.86. The Morgan fingerprint density at radius 2 is 2.10 bits per heavy atom. The predicted molar refractivity (Wildman–Crippen MR) is 83.1 cm³/mol. The Hall–Kier alpha value is -2.13. The summed E-state index contributed by atoms with van der Waals surface area (Å²) in [5.74, 6) is 2.07. The fraction of sp³-hybridized carbons (Fsp3) is 0.214. The van der Waals surface area contributed by atoms with E-state index in [0.29, 0.717) is 11.6 Å². The highest BCUT2D eigenvalue weighted by Crippen LogP contribution is 2.30. The second-order valence-electron chi connectivity index (χ2n) is 4.18. The molecule has 0 saturated heterocycles. The van der Waals surface area contributed by atoms with E-state index in [-0.39, 0.29) is 6.54 Å². The Morgan fingerprint density at radius 1 is 1.35 bits per heavy atom. The average molecular weight is 332 g/mol. The van der Waals surface area contributed by atoms with Gasteiger partial charge in [-0.15, -0.1) is 0 Å². The van der Waals surface area contributed by atoms with Crippen LogP contribution in [0.15, 0.2) is 34.8 Å². The van der Waals surface area contributed by atoms with Gasteiger partial charge in [0.2, 0.25) is 0 Å². The standard InChI is InChI=1S/C14H14BrN5/c1-10-18-13(17-8-7-16)9-14(19-10)20(2)12-6-4-3-5-11(12)15/h3-6,9H,8H2,1-2H3,(H,17,18,19). The van der Waals surface area contributed by atoms with Crippen LogP contribution in [0.3, 0.4) is 0 Å². The third-order valence-corrected chi connectivity index (χ3v) is 3.40. The van der Waals surface area contributed by atoms with E-state index in [1.807, 2.05) is 55.3 Å². The summed E-state index contributed by atoms with van der Waals surface area (Å²) in [6, 6.07) is 11.8. The molecule has 0 spiro atoms. The van der Waals surface area contributed by atoms with Gasteiger partial charge in [-0.3, -0.25) is 0 Å². The van der Waals surface area contributed by atoms with Crippen molar-refractivity contribution in [1.82, 2.24) is 9.97 Å². The first-order valence-electron chi connectivity index (χ1n) is 6.06. The van der Waals surface area contributed by atoms with Crippen LogP contribution in [0.5, 0.6) is 0 Å². The Balaban J connectivity index is 2.35. The topological polar surface area (TPSA) is 64.8 Å². The number of nitrogens with one attached hydrogen (secondary N) is 1. The lowest BCUT2D eigenvalue weighted by molar-refractivity contribution is 1.01. The molecule has 0 aliphatic heterocycles. The number of nitrogens with zero attached hydrogens (tertiary/aromatic N) is 4. The Kier molecular flexibility index (Phi) is 4.53. The lowest BCUT2D eigenvalue weighted by Gasteiger charge is -2.20. The SMILES string of the molecule is Cc1nc(NCC#N)cc(N(C)c2ccccc2Br)n1. The molecular formula is C14H14BrN5. The number of benzene rings is 1. The Bertz CT molecular complexity index is 650. The number of hydrogen-bond donors (Lipinski definition) is 1. The number of anilines is 3.